The van der Waals surface area contributed by atoms with Crippen LogP contribution in [0.3, 0.4) is 0 Å². The minimum absolute atomic E-state index is 0.784. The third-order valence-electron chi connectivity index (χ3n) is 16.2. The standard InChI is InChI=1S/C10H8ClN.2C10H9N.C9H8N2.C8H7NS.C7H6N2O.C7H6N2S.C6H9NO.3C6H7N.C5H6S/c1-7-4-9(11)5-8-2-3-12-6-10(7)8;1-8-4-2-5-9-6-3-7-11-10(8)9;1-8-6-7-11-10-5-3-2-4-9(8)10;1-7-3-2-4-8-9(7)11-6-5-10-8;1-6-9-7-4-2-3-5-8(7)10-6;1-5-2-3-6-7(4-5)9-10-8-6;1-5-3-2-4-6-7(5)9-10-8-6;1-4-5(2)7-8-6(4)3;1-6-2-4-7-5-3-6;1-6-3-2-4-7-5-6;1-6-4-2-3-5-7-6;1-5-2-3-6-4-5/h2-6H,1H3;2*2-7H,1H3;2-6H,1H3;2-5H,1H3;2*2-4H,1H3;1-3H3;3*2-5H,1H3;2-4H,1H3. The summed E-state index contributed by atoms with van der Waals surface area (Å²) < 4.78 is 18.9. The van der Waals surface area contributed by atoms with E-state index in [-0.39, 0.29) is 0 Å². The second-order valence-electron chi connectivity index (χ2n) is 25.1. The molecule has 0 aliphatic rings. The average Bonchev–Trinajstić information content (AvgIpc) is 1.53. The fourth-order valence-electron chi connectivity index (χ4n) is 9.97. The van der Waals surface area contributed by atoms with E-state index in [1.165, 1.54) is 82.7 Å². The van der Waals surface area contributed by atoms with Crippen LogP contribution in [-0.2, 0) is 0 Å². The molecule has 19 aromatic rings. The van der Waals surface area contributed by atoms with E-state index in [4.69, 9.17) is 16.1 Å². The average molecular weight is 1530 g/mol. The molecule has 0 N–H and O–H groups in total. The smallest absolute Gasteiger partial charge is 0.136 e. The number of halogens is 1. The molecule has 0 radical (unpaired) electrons. The van der Waals surface area contributed by atoms with E-state index in [2.05, 4.69) is 148 Å². The third-order valence-corrected chi connectivity index (χ3v) is 18.7. The van der Waals surface area contributed by atoms with E-state index in [1.54, 1.807) is 66.1 Å². The molecule has 110 heavy (non-hydrogen) atoms. The Morgan fingerprint density at radius 3 is 1.60 bits per heavy atom. The zero-order valence-electron chi connectivity index (χ0n) is 64.3. The second-order valence-corrected chi connectivity index (χ2v) is 28.0. The Labute approximate surface area is 660 Å². The van der Waals surface area contributed by atoms with Gasteiger partial charge in [-0.25, -0.2) is 9.61 Å². The number of aromatic nitrogens is 14. The molecule has 0 saturated carbocycles. The number of thiazole rings is 1. The van der Waals surface area contributed by atoms with Gasteiger partial charge in [-0.05, 0) is 283 Å². The van der Waals surface area contributed by atoms with Gasteiger partial charge >= 0.3 is 0 Å². The summed E-state index contributed by atoms with van der Waals surface area (Å²) in [7, 11) is 0. The van der Waals surface area contributed by atoms with Crippen LogP contribution in [0.2, 0.25) is 5.02 Å². The maximum absolute atomic E-state index is 5.90. The molecule has 0 saturated heterocycles. The monoisotopic (exact) mass is 1530 g/mol. The number of fused-ring (bicyclic) bond motifs is 7. The Hall–Kier alpha value is -12.1. The van der Waals surface area contributed by atoms with Gasteiger partial charge < -0.3 is 4.52 Å². The summed E-state index contributed by atoms with van der Waals surface area (Å²) in [5.41, 5.74) is 23.2. The lowest BCUT2D eigenvalue weighted by molar-refractivity contribution is 0.315. The molecule has 0 bridgehead atoms. The van der Waals surface area contributed by atoms with E-state index in [9.17, 15) is 0 Å². The Morgan fingerprint density at radius 1 is 0.355 bits per heavy atom. The van der Waals surface area contributed by atoms with Gasteiger partial charge in [0.05, 0.1) is 54.7 Å². The van der Waals surface area contributed by atoms with Crippen LogP contribution in [0.15, 0.2) is 294 Å². The number of para-hydroxylation sites is 4. The van der Waals surface area contributed by atoms with Crippen LogP contribution in [0, 0.1) is 96.9 Å². The molecule has 0 fully saturated rings. The van der Waals surface area contributed by atoms with Gasteiger partial charge in [0.25, 0.3) is 0 Å². The van der Waals surface area contributed by atoms with Crippen LogP contribution in [-0.4, -0.2) is 69.1 Å². The minimum atomic E-state index is 0.784. The number of nitrogens with zero attached hydrogens (tertiary/aromatic N) is 14. The molecular weight excluding hydrogens is 1440 g/mol. The molecule has 0 atom stereocenters. The maximum Gasteiger partial charge on any atom is 0.136 e. The summed E-state index contributed by atoms with van der Waals surface area (Å²) in [4.78, 5) is 37.0. The van der Waals surface area contributed by atoms with Crippen molar-refractivity contribution >= 4 is 122 Å². The van der Waals surface area contributed by atoms with Crippen molar-refractivity contribution in [2.45, 2.75) is 96.9 Å². The summed E-state index contributed by atoms with van der Waals surface area (Å²) in [6.07, 6.45) is 19.7. The molecule has 0 unspecified atom stereocenters. The van der Waals surface area contributed by atoms with Crippen molar-refractivity contribution in [2.24, 2.45) is 0 Å². The highest BCUT2D eigenvalue weighted by atomic mass is 35.5. The zero-order valence-corrected chi connectivity index (χ0v) is 67.5. The molecule has 0 amide bonds. The van der Waals surface area contributed by atoms with Crippen LogP contribution in [0.1, 0.15) is 77.8 Å². The van der Waals surface area contributed by atoms with Crippen molar-refractivity contribution in [2.75, 3.05) is 0 Å². The fraction of sp³-hybridized carbons (Fsp3) is 0.156. The van der Waals surface area contributed by atoms with Gasteiger partial charge in [0.15, 0.2) is 0 Å². The van der Waals surface area contributed by atoms with Crippen LogP contribution in [0.4, 0.5) is 0 Å². The SMILES string of the molecule is Cc1cc(Cl)cc2ccncc12.Cc1ccc2nonc2c1.Cc1cccc2cccnc12.Cc1cccc2nccnc12.Cc1cccc2nsnc12.Cc1ccccn1.Cc1cccnc1.Cc1ccnc2ccccc12.Cc1ccncc1.Cc1ccsc1.Cc1nc2ccccc2s1.Cc1noc(C)c1C. The summed E-state index contributed by atoms with van der Waals surface area (Å²) in [5, 5.41) is 22.0. The van der Waals surface area contributed by atoms with Gasteiger partial charge in [0.1, 0.15) is 27.8 Å². The highest BCUT2D eigenvalue weighted by molar-refractivity contribution is 7.18. The number of aryl methyl sites for hydroxylation is 13. The van der Waals surface area contributed by atoms with E-state index >= 15 is 0 Å². The predicted molar refractivity (Wildman–Crippen MR) is 458 cm³/mol. The van der Waals surface area contributed by atoms with E-state index in [1.807, 2.05) is 265 Å². The first kappa shape index (κ1) is 83.5. The number of benzene rings is 7. The van der Waals surface area contributed by atoms with Gasteiger partial charge in [0, 0.05) is 101 Å². The van der Waals surface area contributed by atoms with Gasteiger partial charge in [-0.1, -0.05) is 114 Å². The molecule has 16 nitrogen and oxygen atoms in total. The molecule has 20 heteroatoms. The Bertz CT molecular complexity index is 5520. The van der Waals surface area contributed by atoms with E-state index < -0.39 is 0 Å². The summed E-state index contributed by atoms with van der Waals surface area (Å²) in [5.74, 6) is 0.919. The summed E-state index contributed by atoms with van der Waals surface area (Å²) >= 11 is 10.7. The lowest BCUT2D eigenvalue weighted by Gasteiger charge is -2.00. The molecule has 0 aliphatic heterocycles. The highest BCUT2D eigenvalue weighted by Crippen LogP contribution is 2.24. The van der Waals surface area contributed by atoms with Crippen molar-refractivity contribution in [3.8, 4) is 0 Å². The van der Waals surface area contributed by atoms with Crippen molar-refractivity contribution in [1.82, 2.24) is 69.1 Å². The number of rotatable bonds is 0. The number of pyridine rings is 6. The molecule has 556 valence electrons. The molecule has 0 aliphatic carbocycles. The third kappa shape index (κ3) is 27.9. The molecule has 12 aromatic heterocycles. The van der Waals surface area contributed by atoms with Crippen molar-refractivity contribution in [3.05, 3.63) is 368 Å². The lowest BCUT2D eigenvalue weighted by atomic mass is 10.1. The highest BCUT2D eigenvalue weighted by Gasteiger charge is 2.03. The minimum Gasteiger partial charge on any atom is -0.361 e. The quantitative estimate of drug-likeness (QED) is 0.138. The van der Waals surface area contributed by atoms with Gasteiger partial charge in [-0.3, -0.25) is 39.9 Å². The fourth-order valence-corrected chi connectivity index (χ4v) is 12.3. The first-order chi connectivity index (χ1) is 53.3. The zero-order chi connectivity index (χ0) is 78.4. The Kier molecular flexibility index (Phi) is 34.1. The number of hydrogen-bond donors (Lipinski definition) is 0. The van der Waals surface area contributed by atoms with Gasteiger partial charge in [0.2, 0.25) is 0 Å². The summed E-state index contributed by atoms with van der Waals surface area (Å²) in [6, 6.07) is 68.2. The largest absolute Gasteiger partial charge is 0.361 e. The van der Waals surface area contributed by atoms with Crippen LogP contribution in [0.25, 0.3) is 75.9 Å². The number of thiophene rings is 1. The van der Waals surface area contributed by atoms with Crippen molar-refractivity contribution in [3.63, 3.8) is 0 Å². The molecular formula is C90H89ClN14O2S3. The van der Waals surface area contributed by atoms with Gasteiger partial charge in [-0.15, -0.1) is 11.3 Å². The molecule has 7 aromatic carbocycles. The van der Waals surface area contributed by atoms with Crippen LogP contribution >= 0.6 is 46.0 Å². The Balaban J connectivity index is 0.000000152. The van der Waals surface area contributed by atoms with Crippen LogP contribution in [0.5, 0.6) is 0 Å². The first-order valence-electron chi connectivity index (χ1n) is 35.2. The second kappa shape index (κ2) is 44.9. The first-order valence-corrected chi connectivity index (χ1v) is 38.1. The van der Waals surface area contributed by atoms with Crippen molar-refractivity contribution in [1.29, 1.82) is 0 Å². The lowest BCUT2D eigenvalue weighted by Crippen LogP contribution is -1.83. The van der Waals surface area contributed by atoms with E-state index in [0.29, 0.717) is 0 Å². The topological polar surface area (TPSA) is 207 Å². The predicted octanol–water partition coefficient (Wildman–Crippen LogP) is 24.2. The van der Waals surface area contributed by atoms with Gasteiger partial charge in [-0.2, -0.15) is 20.1 Å². The van der Waals surface area contributed by atoms with Crippen LogP contribution < -0.4 is 0 Å². The maximum atomic E-state index is 5.90. The summed E-state index contributed by atoms with van der Waals surface area (Å²) in [6.45, 7) is 28.3. The molecule has 0 spiro atoms. The Morgan fingerprint density at radius 2 is 1.00 bits per heavy atom. The molecule has 19 rings (SSSR count). The molecule has 12 heterocycles. The number of hydrogen-bond acceptors (Lipinski definition) is 19. The normalized spacial score (nSPS) is 9.95. The van der Waals surface area contributed by atoms with E-state index in [0.717, 1.165) is 87.8 Å². The van der Waals surface area contributed by atoms with Crippen molar-refractivity contribution < 1.29 is 9.15 Å².